The second kappa shape index (κ2) is 5.12. The molecule has 94 valence electrons. The van der Waals surface area contributed by atoms with E-state index in [9.17, 15) is 0 Å². The third-order valence-corrected chi connectivity index (χ3v) is 4.30. The van der Waals surface area contributed by atoms with Crippen LogP contribution in [0.4, 0.5) is 0 Å². The lowest BCUT2D eigenvalue weighted by molar-refractivity contribution is 0.199. The Kier molecular flexibility index (Phi) is 3.35. The van der Waals surface area contributed by atoms with Crippen molar-refractivity contribution >= 4 is 11.3 Å². The predicted molar refractivity (Wildman–Crippen MR) is 75.1 cm³/mol. The highest BCUT2D eigenvalue weighted by atomic mass is 32.1. The van der Waals surface area contributed by atoms with E-state index in [0.717, 1.165) is 25.2 Å². The molecule has 2 heterocycles. The van der Waals surface area contributed by atoms with Crippen LogP contribution in [0.3, 0.4) is 0 Å². The van der Waals surface area contributed by atoms with Crippen LogP contribution in [0.25, 0.3) is 0 Å². The van der Waals surface area contributed by atoms with Crippen LogP contribution in [0.5, 0.6) is 5.75 Å². The van der Waals surface area contributed by atoms with Gasteiger partial charge in [-0.15, -0.1) is 0 Å². The van der Waals surface area contributed by atoms with Crippen molar-refractivity contribution in [3.63, 3.8) is 0 Å². The third-order valence-electron chi connectivity index (χ3n) is 3.56. The minimum absolute atomic E-state index is 0.174. The van der Waals surface area contributed by atoms with Crippen molar-refractivity contribution in [1.82, 2.24) is 0 Å². The standard InChI is InChI=1S/C15H17NOS/c16-14(7-11-5-6-18-10-11)13-8-12-3-1-2-4-15(12)17-9-13/h1-6,10,13-14H,7-9,16H2. The molecule has 2 nitrogen and oxygen atoms in total. The van der Waals surface area contributed by atoms with Crippen LogP contribution >= 0.6 is 11.3 Å². The maximum Gasteiger partial charge on any atom is 0.122 e. The van der Waals surface area contributed by atoms with Gasteiger partial charge >= 0.3 is 0 Å². The molecular formula is C15H17NOS. The normalized spacial score (nSPS) is 19.9. The summed E-state index contributed by atoms with van der Waals surface area (Å²) in [4.78, 5) is 0. The van der Waals surface area contributed by atoms with Crippen LogP contribution in [0.2, 0.25) is 0 Å². The first-order valence-corrected chi connectivity index (χ1v) is 7.24. The molecule has 3 rings (SSSR count). The number of para-hydroxylation sites is 1. The topological polar surface area (TPSA) is 35.2 Å². The quantitative estimate of drug-likeness (QED) is 0.920. The molecule has 0 aliphatic carbocycles. The minimum Gasteiger partial charge on any atom is -0.493 e. The third kappa shape index (κ3) is 2.42. The number of ether oxygens (including phenoxy) is 1. The summed E-state index contributed by atoms with van der Waals surface area (Å²) in [6.45, 7) is 0.738. The Labute approximate surface area is 111 Å². The maximum atomic E-state index is 6.32. The van der Waals surface area contributed by atoms with Gasteiger partial charge in [0.25, 0.3) is 0 Å². The van der Waals surface area contributed by atoms with Crippen LogP contribution < -0.4 is 10.5 Å². The fraction of sp³-hybridized carbons (Fsp3) is 0.333. The Morgan fingerprint density at radius 1 is 1.33 bits per heavy atom. The second-order valence-electron chi connectivity index (χ2n) is 4.88. The molecule has 0 fully saturated rings. The highest BCUT2D eigenvalue weighted by Crippen LogP contribution is 2.28. The highest BCUT2D eigenvalue weighted by molar-refractivity contribution is 7.07. The Morgan fingerprint density at radius 2 is 2.22 bits per heavy atom. The van der Waals surface area contributed by atoms with Crippen LogP contribution in [0, 0.1) is 5.92 Å². The summed E-state index contributed by atoms with van der Waals surface area (Å²) in [5, 5.41) is 4.28. The van der Waals surface area contributed by atoms with Gasteiger partial charge in [0, 0.05) is 12.0 Å². The SMILES string of the molecule is NC(Cc1ccsc1)C1COc2ccccc2C1. The monoisotopic (exact) mass is 259 g/mol. The van der Waals surface area contributed by atoms with Gasteiger partial charge in [0.05, 0.1) is 6.61 Å². The molecule has 3 heteroatoms. The molecule has 1 aliphatic heterocycles. The van der Waals surface area contributed by atoms with Gasteiger partial charge in [-0.25, -0.2) is 0 Å². The zero-order valence-electron chi connectivity index (χ0n) is 10.2. The van der Waals surface area contributed by atoms with E-state index in [1.54, 1.807) is 11.3 Å². The fourth-order valence-electron chi connectivity index (χ4n) is 2.47. The molecule has 2 aromatic rings. The molecule has 0 amide bonds. The van der Waals surface area contributed by atoms with Crippen LogP contribution in [0.15, 0.2) is 41.1 Å². The summed E-state index contributed by atoms with van der Waals surface area (Å²) in [5.74, 6) is 1.44. The van der Waals surface area contributed by atoms with E-state index in [0.29, 0.717) is 5.92 Å². The summed E-state index contributed by atoms with van der Waals surface area (Å²) in [7, 11) is 0. The number of benzene rings is 1. The van der Waals surface area contributed by atoms with Gasteiger partial charge in [-0.2, -0.15) is 11.3 Å². The average molecular weight is 259 g/mol. The maximum absolute atomic E-state index is 6.32. The van der Waals surface area contributed by atoms with Crippen molar-refractivity contribution in [2.75, 3.05) is 6.61 Å². The largest absolute Gasteiger partial charge is 0.493 e. The van der Waals surface area contributed by atoms with E-state index >= 15 is 0 Å². The molecule has 2 atom stereocenters. The van der Waals surface area contributed by atoms with Crippen molar-refractivity contribution in [3.8, 4) is 5.75 Å². The number of fused-ring (bicyclic) bond motifs is 1. The lowest BCUT2D eigenvalue weighted by Crippen LogP contribution is -2.39. The first kappa shape index (κ1) is 11.8. The first-order chi connectivity index (χ1) is 8.83. The predicted octanol–water partition coefficient (Wildman–Crippen LogP) is 2.87. The van der Waals surface area contributed by atoms with Gasteiger partial charge in [0.1, 0.15) is 5.75 Å². The molecule has 1 aromatic carbocycles. The minimum atomic E-state index is 0.174. The Bertz CT molecular complexity index is 509. The fourth-order valence-corrected chi connectivity index (χ4v) is 3.16. The number of hydrogen-bond donors (Lipinski definition) is 1. The van der Waals surface area contributed by atoms with Crippen molar-refractivity contribution < 1.29 is 4.74 Å². The molecule has 0 radical (unpaired) electrons. The van der Waals surface area contributed by atoms with Gasteiger partial charge in [-0.05, 0) is 46.9 Å². The second-order valence-corrected chi connectivity index (χ2v) is 5.66. The zero-order chi connectivity index (χ0) is 12.4. The molecule has 0 spiro atoms. The van der Waals surface area contributed by atoms with Crippen molar-refractivity contribution in [3.05, 3.63) is 52.2 Å². The number of hydrogen-bond acceptors (Lipinski definition) is 3. The van der Waals surface area contributed by atoms with Crippen LogP contribution in [0.1, 0.15) is 11.1 Å². The molecular weight excluding hydrogens is 242 g/mol. The van der Waals surface area contributed by atoms with Crippen molar-refractivity contribution in [2.24, 2.45) is 11.7 Å². The molecule has 1 aliphatic rings. The number of rotatable bonds is 3. The van der Waals surface area contributed by atoms with Gasteiger partial charge < -0.3 is 10.5 Å². The van der Waals surface area contributed by atoms with E-state index < -0.39 is 0 Å². The van der Waals surface area contributed by atoms with E-state index in [1.165, 1.54) is 11.1 Å². The summed E-state index contributed by atoms with van der Waals surface area (Å²) >= 11 is 1.73. The van der Waals surface area contributed by atoms with Gasteiger partial charge in [0.15, 0.2) is 0 Å². The zero-order valence-corrected chi connectivity index (χ0v) is 11.0. The molecule has 1 aromatic heterocycles. The molecule has 0 saturated heterocycles. The summed E-state index contributed by atoms with van der Waals surface area (Å²) in [6, 6.07) is 10.6. The van der Waals surface area contributed by atoms with E-state index in [-0.39, 0.29) is 6.04 Å². The highest BCUT2D eigenvalue weighted by Gasteiger charge is 2.25. The van der Waals surface area contributed by atoms with E-state index in [1.807, 2.05) is 12.1 Å². The molecule has 18 heavy (non-hydrogen) atoms. The lowest BCUT2D eigenvalue weighted by Gasteiger charge is -2.29. The Balaban J connectivity index is 1.68. The van der Waals surface area contributed by atoms with E-state index in [2.05, 4.69) is 29.0 Å². The number of nitrogens with two attached hydrogens (primary N) is 1. The molecule has 2 N–H and O–H groups in total. The molecule has 0 bridgehead atoms. The summed E-state index contributed by atoms with van der Waals surface area (Å²) in [5.41, 5.74) is 8.95. The average Bonchev–Trinajstić information content (AvgIpc) is 2.91. The Morgan fingerprint density at radius 3 is 3.06 bits per heavy atom. The van der Waals surface area contributed by atoms with Crippen LogP contribution in [-0.2, 0) is 12.8 Å². The van der Waals surface area contributed by atoms with Gasteiger partial charge in [0.2, 0.25) is 0 Å². The summed E-state index contributed by atoms with van der Waals surface area (Å²) in [6.07, 6.45) is 1.97. The first-order valence-electron chi connectivity index (χ1n) is 6.30. The Hall–Kier alpha value is -1.32. The molecule has 2 unspecified atom stereocenters. The lowest BCUT2D eigenvalue weighted by atomic mass is 9.88. The van der Waals surface area contributed by atoms with E-state index in [4.69, 9.17) is 10.5 Å². The van der Waals surface area contributed by atoms with Crippen LogP contribution in [-0.4, -0.2) is 12.6 Å². The van der Waals surface area contributed by atoms with Gasteiger partial charge in [-0.3, -0.25) is 0 Å². The van der Waals surface area contributed by atoms with Crippen molar-refractivity contribution in [1.29, 1.82) is 0 Å². The van der Waals surface area contributed by atoms with Crippen molar-refractivity contribution in [2.45, 2.75) is 18.9 Å². The number of thiophene rings is 1. The summed E-state index contributed by atoms with van der Waals surface area (Å²) < 4.78 is 5.80. The molecule has 0 saturated carbocycles. The smallest absolute Gasteiger partial charge is 0.122 e. The van der Waals surface area contributed by atoms with Gasteiger partial charge in [-0.1, -0.05) is 18.2 Å².